The van der Waals surface area contributed by atoms with E-state index in [2.05, 4.69) is 35.4 Å². The molecule has 0 radical (unpaired) electrons. The Bertz CT molecular complexity index is 571. The summed E-state index contributed by atoms with van der Waals surface area (Å²) >= 11 is 5.45. The van der Waals surface area contributed by atoms with Crippen molar-refractivity contribution in [1.29, 1.82) is 0 Å². The average Bonchev–Trinajstić information content (AvgIpc) is 2.80. The van der Waals surface area contributed by atoms with E-state index in [0.29, 0.717) is 6.04 Å². The van der Waals surface area contributed by atoms with Crippen LogP contribution >= 0.6 is 12.2 Å². The minimum Gasteiger partial charge on any atom is -0.328 e. The number of H-pyrrole nitrogens is 1. The van der Waals surface area contributed by atoms with Crippen LogP contribution in [-0.4, -0.2) is 19.3 Å². The van der Waals surface area contributed by atoms with E-state index < -0.39 is 0 Å². The van der Waals surface area contributed by atoms with Crippen molar-refractivity contribution in [3.05, 3.63) is 10.5 Å². The molecule has 94 valence electrons. The van der Waals surface area contributed by atoms with Gasteiger partial charge >= 0.3 is 0 Å². The SMILES string of the molecule is CCc1nn(C)c2c1[nH]c(=S)n2C(CC)CC. The predicted molar refractivity (Wildman–Crippen MR) is 72.9 cm³/mol. The van der Waals surface area contributed by atoms with Crippen LogP contribution in [-0.2, 0) is 13.5 Å². The van der Waals surface area contributed by atoms with Gasteiger partial charge in [-0.3, -0.25) is 9.25 Å². The number of nitrogens with zero attached hydrogens (tertiary/aromatic N) is 3. The van der Waals surface area contributed by atoms with Crippen molar-refractivity contribution in [3.8, 4) is 0 Å². The number of imidazole rings is 1. The zero-order chi connectivity index (χ0) is 12.6. The molecule has 2 heterocycles. The van der Waals surface area contributed by atoms with E-state index in [0.717, 1.165) is 40.9 Å². The van der Waals surface area contributed by atoms with Crippen molar-refractivity contribution < 1.29 is 0 Å². The summed E-state index contributed by atoms with van der Waals surface area (Å²) in [7, 11) is 1.99. The summed E-state index contributed by atoms with van der Waals surface area (Å²) in [6, 6.07) is 0.455. The van der Waals surface area contributed by atoms with Crippen molar-refractivity contribution in [2.75, 3.05) is 0 Å². The number of rotatable bonds is 4. The summed E-state index contributed by atoms with van der Waals surface area (Å²) in [5.41, 5.74) is 3.32. The Morgan fingerprint density at radius 2 is 1.94 bits per heavy atom. The number of nitrogens with one attached hydrogen (secondary N) is 1. The summed E-state index contributed by atoms with van der Waals surface area (Å²) in [5.74, 6) is 0. The van der Waals surface area contributed by atoms with Crippen LogP contribution in [0.4, 0.5) is 0 Å². The molecule has 0 spiro atoms. The molecule has 0 aromatic carbocycles. The number of fused-ring (bicyclic) bond motifs is 1. The highest BCUT2D eigenvalue weighted by molar-refractivity contribution is 7.71. The highest BCUT2D eigenvalue weighted by atomic mass is 32.1. The van der Waals surface area contributed by atoms with Gasteiger partial charge in [0.2, 0.25) is 0 Å². The van der Waals surface area contributed by atoms with Crippen LogP contribution in [0.3, 0.4) is 0 Å². The van der Waals surface area contributed by atoms with E-state index in [4.69, 9.17) is 12.2 Å². The summed E-state index contributed by atoms with van der Waals surface area (Å²) in [6.07, 6.45) is 3.10. The lowest BCUT2D eigenvalue weighted by Gasteiger charge is -2.15. The molecule has 0 aliphatic heterocycles. The van der Waals surface area contributed by atoms with Gasteiger partial charge < -0.3 is 4.98 Å². The molecule has 4 nitrogen and oxygen atoms in total. The second kappa shape index (κ2) is 4.64. The molecule has 0 unspecified atom stereocenters. The highest BCUT2D eigenvalue weighted by Gasteiger charge is 2.18. The monoisotopic (exact) mass is 252 g/mol. The van der Waals surface area contributed by atoms with Crippen molar-refractivity contribution in [1.82, 2.24) is 19.3 Å². The fourth-order valence-corrected chi connectivity index (χ4v) is 2.81. The van der Waals surface area contributed by atoms with Crippen LogP contribution < -0.4 is 0 Å². The van der Waals surface area contributed by atoms with Crippen LogP contribution in [0, 0.1) is 4.77 Å². The van der Waals surface area contributed by atoms with Crippen LogP contribution in [0.1, 0.15) is 45.3 Å². The fourth-order valence-electron chi connectivity index (χ4n) is 2.48. The van der Waals surface area contributed by atoms with Gasteiger partial charge in [-0.15, -0.1) is 0 Å². The second-order valence-electron chi connectivity index (χ2n) is 4.39. The van der Waals surface area contributed by atoms with Crippen LogP contribution in [0.15, 0.2) is 0 Å². The van der Waals surface area contributed by atoms with Crippen molar-refractivity contribution in [3.63, 3.8) is 0 Å². The Morgan fingerprint density at radius 3 is 2.47 bits per heavy atom. The Balaban J connectivity index is 2.74. The molecule has 1 N–H and O–H groups in total. The number of aromatic amines is 1. The molecular weight excluding hydrogens is 232 g/mol. The van der Waals surface area contributed by atoms with E-state index in [1.54, 1.807) is 0 Å². The molecule has 17 heavy (non-hydrogen) atoms. The van der Waals surface area contributed by atoms with E-state index in [1.165, 1.54) is 0 Å². The van der Waals surface area contributed by atoms with Gasteiger partial charge in [0.1, 0.15) is 5.52 Å². The van der Waals surface area contributed by atoms with Gasteiger partial charge in [0.05, 0.1) is 5.69 Å². The molecular formula is C12H20N4S. The van der Waals surface area contributed by atoms with Crippen molar-refractivity contribution in [2.45, 2.75) is 46.1 Å². The normalized spacial score (nSPS) is 11.8. The lowest BCUT2D eigenvalue weighted by molar-refractivity contribution is 0.470. The van der Waals surface area contributed by atoms with Gasteiger partial charge in [-0.25, -0.2) is 0 Å². The van der Waals surface area contributed by atoms with Crippen LogP contribution in [0.2, 0.25) is 0 Å². The fraction of sp³-hybridized carbons (Fsp3) is 0.667. The molecule has 0 saturated carbocycles. The molecule has 2 aromatic heterocycles. The zero-order valence-electron chi connectivity index (χ0n) is 10.9. The Labute approximate surface area is 107 Å². The Morgan fingerprint density at radius 1 is 1.29 bits per heavy atom. The summed E-state index contributed by atoms with van der Waals surface area (Å²) in [5, 5.41) is 4.54. The predicted octanol–water partition coefficient (Wildman–Crippen LogP) is 3.36. The van der Waals surface area contributed by atoms with Crippen LogP contribution in [0.25, 0.3) is 11.2 Å². The molecule has 0 bridgehead atoms. The molecule has 2 rings (SSSR count). The largest absolute Gasteiger partial charge is 0.328 e. The maximum absolute atomic E-state index is 5.45. The average molecular weight is 252 g/mol. The minimum absolute atomic E-state index is 0.455. The van der Waals surface area contributed by atoms with Gasteiger partial charge in [0, 0.05) is 13.1 Å². The Kier molecular flexibility index (Phi) is 3.38. The minimum atomic E-state index is 0.455. The van der Waals surface area contributed by atoms with E-state index in [1.807, 2.05) is 11.7 Å². The van der Waals surface area contributed by atoms with E-state index in [-0.39, 0.29) is 0 Å². The van der Waals surface area contributed by atoms with E-state index in [9.17, 15) is 0 Å². The molecule has 0 aliphatic rings. The van der Waals surface area contributed by atoms with Crippen LogP contribution in [0.5, 0.6) is 0 Å². The number of aryl methyl sites for hydroxylation is 2. The summed E-state index contributed by atoms with van der Waals surface area (Å²) in [6.45, 7) is 6.52. The van der Waals surface area contributed by atoms with Gasteiger partial charge in [0.25, 0.3) is 0 Å². The van der Waals surface area contributed by atoms with Gasteiger partial charge in [0.15, 0.2) is 10.4 Å². The van der Waals surface area contributed by atoms with Gasteiger partial charge in [-0.05, 0) is 31.5 Å². The summed E-state index contributed by atoms with van der Waals surface area (Å²) < 4.78 is 4.98. The standard InChI is InChI=1S/C12H20N4S/c1-5-8(6-2)16-11-10(13-12(16)17)9(7-3)14-15(11)4/h8H,5-7H2,1-4H3,(H,13,17). The first-order valence-corrected chi connectivity index (χ1v) is 6.70. The second-order valence-corrected chi connectivity index (χ2v) is 4.78. The first kappa shape index (κ1) is 12.4. The maximum Gasteiger partial charge on any atom is 0.179 e. The lowest BCUT2D eigenvalue weighted by atomic mass is 10.2. The van der Waals surface area contributed by atoms with Gasteiger partial charge in [-0.2, -0.15) is 5.10 Å². The third-order valence-corrected chi connectivity index (χ3v) is 3.71. The highest BCUT2D eigenvalue weighted by Crippen LogP contribution is 2.25. The molecule has 0 saturated heterocycles. The first-order valence-electron chi connectivity index (χ1n) is 6.30. The topological polar surface area (TPSA) is 38.5 Å². The van der Waals surface area contributed by atoms with E-state index >= 15 is 0 Å². The summed E-state index contributed by atoms with van der Waals surface area (Å²) in [4.78, 5) is 3.31. The van der Waals surface area contributed by atoms with Crippen molar-refractivity contribution in [2.24, 2.45) is 7.05 Å². The number of hydrogen-bond donors (Lipinski definition) is 1. The first-order chi connectivity index (χ1) is 8.13. The third kappa shape index (κ3) is 1.82. The number of hydrogen-bond acceptors (Lipinski definition) is 2. The molecule has 0 fully saturated rings. The number of aromatic nitrogens is 4. The zero-order valence-corrected chi connectivity index (χ0v) is 11.8. The molecule has 0 amide bonds. The molecule has 5 heteroatoms. The molecule has 0 atom stereocenters. The molecule has 0 aliphatic carbocycles. The van der Waals surface area contributed by atoms with Gasteiger partial charge in [-0.1, -0.05) is 20.8 Å². The quantitative estimate of drug-likeness (QED) is 0.847. The third-order valence-electron chi connectivity index (χ3n) is 3.41. The lowest BCUT2D eigenvalue weighted by Crippen LogP contribution is -2.09. The molecule has 2 aromatic rings. The smallest absolute Gasteiger partial charge is 0.179 e. The maximum atomic E-state index is 5.45. The Hall–Kier alpha value is -1.10. The van der Waals surface area contributed by atoms with Crippen molar-refractivity contribution >= 4 is 23.4 Å².